The minimum Gasteiger partial charge on any atom is -0.755 e. The van der Waals surface area contributed by atoms with Crippen LogP contribution in [0.1, 0.15) is 32.7 Å². The molecule has 0 aliphatic heterocycles. The van der Waals surface area contributed by atoms with Crippen molar-refractivity contribution >= 4 is 40.4 Å². The van der Waals surface area contributed by atoms with Crippen molar-refractivity contribution in [1.29, 1.82) is 0 Å². The standard InChI is InChI=1S/C25H24N4O3S2/c1-18-13-14-21(25(30)28(2)17-20-11-7-4-8-12-20)23(15-18)29(34(31)32)24-22(26-33-27-24)16-19-9-5-3-6-10-19/h3-15H,16-17H2,1-2H3,(H,31,32)/p-1. The van der Waals surface area contributed by atoms with Crippen LogP contribution in [0.5, 0.6) is 0 Å². The minimum atomic E-state index is -2.72. The molecule has 1 amide bonds. The van der Waals surface area contributed by atoms with E-state index in [1.165, 1.54) is 0 Å². The van der Waals surface area contributed by atoms with Crippen LogP contribution in [0, 0.1) is 6.92 Å². The quantitative estimate of drug-likeness (QED) is 0.335. The molecule has 9 heteroatoms. The predicted molar refractivity (Wildman–Crippen MR) is 134 cm³/mol. The van der Waals surface area contributed by atoms with Gasteiger partial charge in [0.25, 0.3) is 5.91 Å². The maximum absolute atomic E-state index is 13.4. The number of carbonyl (C=O) groups excluding carboxylic acids is 1. The average Bonchev–Trinajstić information content (AvgIpc) is 3.27. The van der Waals surface area contributed by atoms with Crippen LogP contribution in [0.4, 0.5) is 11.5 Å². The van der Waals surface area contributed by atoms with E-state index in [0.717, 1.165) is 32.7 Å². The molecule has 0 fully saturated rings. The summed E-state index contributed by atoms with van der Waals surface area (Å²) >= 11 is -1.78. The van der Waals surface area contributed by atoms with Crippen LogP contribution >= 0.6 is 11.7 Å². The second kappa shape index (κ2) is 10.7. The van der Waals surface area contributed by atoms with Crippen LogP contribution in [-0.2, 0) is 24.2 Å². The van der Waals surface area contributed by atoms with Crippen LogP contribution < -0.4 is 4.31 Å². The SMILES string of the molecule is Cc1ccc(C(=O)N(C)Cc2ccccc2)c(N(c2nsnc2Cc2ccccc2)S(=O)[O-])c1. The smallest absolute Gasteiger partial charge is 0.256 e. The molecule has 0 bridgehead atoms. The van der Waals surface area contributed by atoms with Gasteiger partial charge in [0.05, 0.1) is 34.2 Å². The normalized spacial score (nSPS) is 11.7. The fourth-order valence-corrected chi connectivity index (χ4v) is 4.85. The van der Waals surface area contributed by atoms with Crippen LogP contribution in [0.15, 0.2) is 78.9 Å². The summed E-state index contributed by atoms with van der Waals surface area (Å²) in [6, 6.07) is 24.4. The van der Waals surface area contributed by atoms with Gasteiger partial charge in [0, 0.05) is 20.0 Å². The molecule has 0 spiro atoms. The Bertz CT molecular complexity index is 1300. The van der Waals surface area contributed by atoms with Crippen molar-refractivity contribution in [3.05, 3.63) is 107 Å². The maximum atomic E-state index is 13.4. The van der Waals surface area contributed by atoms with E-state index >= 15 is 0 Å². The number of aromatic nitrogens is 2. The van der Waals surface area contributed by atoms with Crippen LogP contribution in [0.25, 0.3) is 0 Å². The van der Waals surface area contributed by atoms with Gasteiger partial charge in [0.2, 0.25) is 0 Å². The highest BCUT2D eigenvalue weighted by molar-refractivity contribution is 7.81. The topological polar surface area (TPSA) is 89.5 Å². The van der Waals surface area contributed by atoms with Gasteiger partial charge in [-0.05, 0) is 35.7 Å². The number of rotatable bonds is 8. The Hall–Kier alpha value is -3.40. The molecule has 0 aliphatic carbocycles. The number of aryl methyl sites for hydroxylation is 1. The maximum Gasteiger partial charge on any atom is 0.256 e. The first-order valence-corrected chi connectivity index (χ1v) is 12.3. The van der Waals surface area contributed by atoms with E-state index in [4.69, 9.17) is 0 Å². The lowest BCUT2D eigenvalue weighted by Gasteiger charge is -2.28. The molecule has 0 aliphatic rings. The number of hydrogen-bond donors (Lipinski definition) is 0. The zero-order chi connectivity index (χ0) is 24.1. The van der Waals surface area contributed by atoms with Crippen LogP contribution in [-0.4, -0.2) is 35.4 Å². The number of anilines is 2. The summed E-state index contributed by atoms with van der Waals surface area (Å²) in [5.74, 6) is -0.0883. The summed E-state index contributed by atoms with van der Waals surface area (Å²) in [5, 5.41) is 0. The predicted octanol–water partition coefficient (Wildman–Crippen LogP) is 4.64. The Labute approximate surface area is 205 Å². The summed E-state index contributed by atoms with van der Waals surface area (Å²) in [5.41, 5.74) is 3.83. The molecule has 4 aromatic rings. The van der Waals surface area contributed by atoms with Gasteiger partial charge >= 0.3 is 0 Å². The van der Waals surface area contributed by atoms with Gasteiger partial charge in [-0.25, -0.2) is 0 Å². The van der Waals surface area contributed by atoms with E-state index in [9.17, 15) is 13.6 Å². The Kier molecular flexibility index (Phi) is 7.46. The molecule has 0 saturated carbocycles. The zero-order valence-corrected chi connectivity index (χ0v) is 20.4. The van der Waals surface area contributed by atoms with Gasteiger partial charge in [0.1, 0.15) is 5.69 Å². The van der Waals surface area contributed by atoms with Crippen molar-refractivity contribution in [3.8, 4) is 0 Å². The molecular weight excluding hydrogens is 468 g/mol. The number of carbonyl (C=O) groups is 1. The zero-order valence-electron chi connectivity index (χ0n) is 18.7. The highest BCUT2D eigenvalue weighted by atomic mass is 32.2. The van der Waals surface area contributed by atoms with Crippen LogP contribution in [0.3, 0.4) is 0 Å². The molecular formula is C25H23N4O3S2-. The molecule has 0 saturated heterocycles. The van der Waals surface area contributed by atoms with E-state index < -0.39 is 11.3 Å². The fourth-order valence-electron chi connectivity index (χ4n) is 3.65. The first-order chi connectivity index (χ1) is 16.4. The van der Waals surface area contributed by atoms with E-state index in [-0.39, 0.29) is 23.0 Å². The van der Waals surface area contributed by atoms with Crippen molar-refractivity contribution in [2.45, 2.75) is 19.9 Å². The molecule has 0 radical (unpaired) electrons. The lowest BCUT2D eigenvalue weighted by Crippen LogP contribution is -2.30. The molecule has 7 nitrogen and oxygen atoms in total. The second-order valence-electron chi connectivity index (χ2n) is 7.88. The van der Waals surface area contributed by atoms with Crippen molar-refractivity contribution in [3.63, 3.8) is 0 Å². The third-order valence-corrected chi connectivity index (χ3v) is 6.53. The number of nitrogens with zero attached hydrogens (tertiary/aromatic N) is 4. The number of benzene rings is 3. The molecule has 1 heterocycles. The summed E-state index contributed by atoms with van der Waals surface area (Å²) in [6.45, 7) is 2.24. The van der Waals surface area contributed by atoms with Gasteiger partial charge in [-0.3, -0.25) is 13.3 Å². The average molecular weight is 492 g/mol. The second-order valence-corrected chi connectivity index (χ2v) is 9.20. The molecule has 3 aromatic carbocycles. The van der Waals surface area contributed by atoms with Gasteiger partial charge < -0.3 is 9.45 Å². The first-order valence-electron chi connectivity index (χ1n) is 10.6. The van der Waals surface area contributed by atoms with E-state index in [2.05, 4.69) is 8.75 Å². The van der Waals surface area contributed by atoms with Crippen molar-refractivity contribution < 1.29 is 13.6 Å². The monoisotopic (exact) mass is 491 g/mol. The summed E-state index contributed by atoms with van der Waals surface area (Å²) in [7, 11) is 1.70. The first kappa shape index (κ1) is 23.7. The number of hydrogen-bond acceptors (Lipinski definition) is 6. The van der Waals surface area contributed by atoms with E-state index in [1.807, 2.05) is 67.6 Å². The number of amides is 1. The third-order valence-electron chi connectivity index (χ3n) is 5.30. The van der Waals surface area contributed by atoms with Crippen molar-refractivity contribution in [2.75, 3.05) is 11.4 Å². The summed E-state index contributed by atoms with van der Waals surface area (Å²) in [6.07, 6.45) is 0.420. The molecule has 174 valence electrons. The molecule has 34 heavy (non-hydrogen) atoms. The Balaban J connectivity index is 1.71. The Morgan fingerprint density at radius 1 is 0.971 bits per heavy atom. The summed E-state index contributed by atoms with van der Waals surface area (Å²) in [4.78, 5) is 15.0. The fraction of sp³-hybridized carbons (Fsp3) is 0.160. The highest BCUT2D eigenvalue weighted by Crippen LogP contribution is 2.34. The van der Waals surface area contributed by atoms with Gasteiger partial charge in [-0.15, -0.1) is 0 Å². The molecule has 0 N–H and O–H groups in total. The van der Waals surface area contributed by atoms with Crippen molar-refractivity contribution in [2.24, 2.45) is 0 Å². The van der Waals surface area contributed by atoms with Crippen molar-refractivity contribution in [1.82, 2.24) is 13.6 Å². The highest BCUT2D eigenvalue weighted by Gasteiger charge is 2.25. The summed E-state index contributed by atoms with van der Waals surface area (Å²) < 4.78 is 34.7. The molecule has 1 aromatic heterocycles. The van der Waals surface area contributed by atoms with Gasteiger partial charge in [-0.1, -0.05) is 66.7 Å². The molecule has 1 unspecified atom stereocenters. The van der Waals surface area contributed by atoms with E-state index in [0.29, 0.717) is 18.7 Å². The minimum absolute atomic E-state index is 0.201. The van der Waals surface area contributed by atoms with Crippen LogP contribution in [0.2, 0.25) is 0 Å². The molecule has 4 rings (SSSR count). The lowest BCUT2D eigenvalue weighted by molar-refractivity contribution is 0.0786. The Morgan fingerprint density at radius 2 is 1.62 bits per heavy atom. The molecule has 1 atom stereocenters. The lowest BCUT2D eigenvalue weighted by atomic mass is 10.1. The third kappa shape index (κ3) is 5.39. The van der Waals surface area contributed by atoms with Gasteiger partial charge in [0.15, 0.2) is 5.82 Å². The van der Waals surface area contributed by atoms with Gasteiger partial charge in [-0.2, -0.15) is 8.75 Å². The Morgan fingerprint density at radius 3 is 2.26 bits per heavy atom. The van der Waals surface area contributed by atoms with E-state index in [1.54, 1.807) is 30.1 Å². The largest absolute Gasteiger partial charge is 0.755 e.